The second-order valence-electron chi connectivity index (χ2n) is 3.71. The summed E-state index contributed by atoms with van der Waals surface area (Å²) in [6.07, 6.45) is 4.79. The summed E-state index contributed by atoms with van der Waals surface area (Å²) < 4.78 is 12.7. The van der Waals surface area contributed by atoms with Gasteiger partial charge in [-0.05, 0) is 24.3 Å². The largest absolute Gasteiger partial charge is 0.394 e. The zero-order valence-electron chi connectivity index (χ0n) is 10.8. The van der Waals surface area contributed by atoms with Gasteiger partial charge < -0.3 is 10.6 Å². The third kappa shape index (κ3) is 4.85. The highest BCUT2D eigenvalue weighted by atomic mass is 19.1. The fourth-order valence-corrected chi connectivity index (χ4v) is 1.21. The Morgan fingerprint density at radius 2 is 1.65 bits per heavy atom. The van der Waals surface area contributed by atoms with Gasteiger partial charge in [-0.3, -0.25) is 15.0 Å². The van der Waals surface area contributed by atoms with E-state index in [9.17, 15) is 14.0 Å². The Balaban J connectivity index is 2.55. The van der Waals surface area contributed by atoms with Crippen LogP contribution in [0.2, 0.25) is 0 Å². The molecule has 5 nitrogen and oxygen atoms in total. The molecule has 0 spiro atoms. The van der Waals surface area contributed by atoms with E-state index in [0.717, 1.165) is 12.2 Å². The Bertz CT molecular complexity index is 562. The Morgan fingerprint density at radius 3 is 2.20 bits per heavy atom. The third-order valence-electron chi connectivity index (χ3n) is 2.22. The maximum atomic E-state index is 12.7. The number of rotatable bonds is 7. The van der Waals surface area contributed by atoms with E-state index < -0.39 is 17.3 Å². The average molecular weight is 275 g/mol. The molecular formula is C14H14FN3O2. The molecule has 1 aromatic carbocycles. The summed E-state index contributed by atoms with van der Waals surface area (Å²) in [5.74, 6) is -1.76. The minimum Gasteiger partial charge on any atom is -0.394 e. The number of anilines is 1. The summed E-state index contributed by atoms with van der Waals surface area (Å²) in [6, 6.07) is 5.53. The molecule has 0 aromatic heterocycles. The molecule has 6 heteroatoms. The standard InChI is InChI=1S/C14H14FN3O2/c1-17-8-6-12(19)14(16)13(20)7-9-18-11-4-2-10(15)3-5-11/h2-9,16-18H,1H3/b8-6+,9-7-,16-14?. The zero-order valence-corrected chi connectivity index (χ0v) is 10.8. The molecule has 0 radical (unpaired) electrons. The minimum absolute atomic E-state index is 0.362. The number of ketones is 2. The van der Waals surface area contributed by atoms with Crippen molar-refractivity contribution < 1.29 is 14.0 Å². The van der Waals surface area contributed by atoms with Crippen molar-refractivity contribution in [1.29, 1.82) is 5.41 Å². The number of halogens is 1. The fraction of sp³-hybridized carbons (Fsp3) is 0.0714. The first-order valence-corrected chi connectivity index (χ1v) is 5.74. The van der Waals surface area contributed by atoms with Gasteiger partial charge in [0.1, 0.15) is 11.5 Å². The molecule has 1 aromatic rings. The van der Waals surface area contributed by atoms with Crippen molar-refractivity contribution in [2.24, 2.45) is 0 Å². The smallest absolute Gasteiger partial charge is 0.208 e. The van der Waals surface area contributed by atoms with Crippen molar-refractivity contribution in [1.82, 2.24) is 5.32 Å². The summed E-state index contributed by atoms with van der Waals surface area (Å²) in [6.45, 7) is 0. The van der Waals surface area contributed by atoms with Gasteiger partial charge in [-0.2, -0.15) is 0 Å². The van der Waals surface area contributed by atoms with Crippen LogP contribution in [0.15, 0.2) is 48.8 Å². The first-order valence-electron chi connectivity index (χ1n) is 5.74. The first-order chi connectivity index (χ1) is 9.54. The molecular weight excluding hydrogens is 261 g/mol. The average Bonchev–Trinajstić information content (AvgIpc) is 2.45. The molecule has 0 saturated carbocycles. The molecule has 0 fully saturated rings. The zero-order chi connectivity index (χ0) is 15.0. The maximum Gasteiger partial charge on any atom is 0.208 e. The SMILES string of the molecule is CN/C=C/C(=O)C(=N)C(=O)/C=C\Nc1ccc(F)cc1. The highest BCUT2D eigenvalue weighted by Gasteiger charge is 2.12. The number of carbonyl (C=O) groups is 2. The predicted molar refractivity (Wildman–Crippen MR) is 75.1 cm³/mol. The van der Waals surface area contributed by atoms with Crippen LogP contribution in [0.4, 0.5) is 10.1 Å². The lowest BCUT2D eigenvalue weighted by atomic mass is 10.1. The molecule has 20 heavy (non-hydrogen) atoms. The Labute approximate surface area is 115 Å². The van der Waals surface area contributed by atoms with Gasteiger partial charge in [0, 0.05) is 37.3 Å². The lowest BCUT2D eigenvalue weighted by Gasteiger charge is -1.99. The summed E-state index contributed by atoms with van der Waals surface area (Å²) >= 11 is 0. The number of hydrogen-bond donors (Lipinski definition) is 3. The molecule has 1 rings (SSSR count). The summed E-state index contributed by atoms with van der Waals surface area (Å²) in [5.41, 5.74) is -0.0444. The molecule has 0 heterocycles. The van der Waals surface area contributed by atoms with Crippen LogP contribution in [0.25, 0.3) is 0 Å². The van der Waals surface area contributed by atoms with Gasteiger partial charge in [-0.25, -0.2) is 4.39 Å². The van der Waals surface area contributed by atoms with Crippen molar-refractivity contribution in [2.75, 3.05) is 12.4 Å². The fourth-order valence-electron chi connectivity index (χ4n) is 1.21. The molecule has 104 valence electrons. The number of benzene rings is 1. The van der Waals surface area contributed by atoms with Crippen LogP contribution in [0.1, 0.15) is 0 Å². The Hall–Kier alpha value is -2.76. The minimum atomic E-state index is -0.717. The molecule has 0 aliphatic heterocycles. The van der Waals surface area contributed by atoms with Crippen molar-refractivity contribution in [3.8, 4) is 0 Å². The summed E-state index contributed by atoms with van der Waals surface area (Å²) in [4.78, 5) is 22.9. The highest BCUT2D eigenvalue weighted by Crippen LogP contribution is 2.07. The van der Waals surface area contributed by atoms with Crippen LogP contribution in [-0.2, 0) is 9.59 Å². The van der Waals surface area contributed by atoms with Gasteiger partial charge in [0.15, 0.2) is 0 Å². The topological polar surface area (TPSA) is 82.1 Å². The lowest BCUT2D eigenvalue weighted by molar-refractivity contribution is -0.112. The van der Waals surface area contributed by atoms with E-state index in [0.29, 0.717) is 5.69 Å². The number of allylic oxidation sites excluding steroid dienone is 2. The quantitative estimate of drug-likeness (QED) is 0.401. The van der Waals surface area contributed by atoms with Gasteiger partial charge in [0.2, 0.25) is 11.6 Å². The van der Waals surface area contributed by atoms with E-state index >= 15 is 0 Å². The predicted octanol–water partition coefficient (Wildman–Crippen LogP) is 1.64. The van der Waals surface area contributed by atoms with Crippen LogP contribution in [-0.4, -0.2) is 24.3 Å². The van der Waals surface area contributed by atoms with E-state index in [4.69, 9.17) is 5.41 Å². The lowest BCUT2D eigenvalue weighted by Crippen LogP contribution is -2.20. The number of hydrogen-bond acceptors (Lipinski definition) is 5. The molecule has 0 atom stereocenters. The maximum absolute atomic E-state index is 12.7. The second-order valence-corrected chi connectivity index (χ2v) is 3.71. The normalized spacial score (nSPS) is 10.7. The van der Waals surface area contributed by atoms with Crippen LogP contribution < -0.4 is 10.6 Å². The molecule has 0 saturated heterocycles. The van der Waals surface area contributed by atoms with Crippen molar-refractivity contribution >= 4 is 23.0 Å². The third-order valence-corrected chi connectivity index (χ3v) is 2.22. The van der Waals surface area contributed by atoms with Gasteiger partial charge in [0.05, 0.1) is 0 Å². The molecule has 0 amide bonds. The van der Waals surface area contributed by atoms with E-state index in [-0.39, 0.29) is 5.82 Å². The molecule has 0 aliphatic rings. The summed E-state index contributed by atoms with van der Waals surface area (Å²) in [5, 5.41) is 12.7. The second kappa shape index (κ2) is 7.63. The Morgan fingerprint density at radius 1 is 1.10 bits per heavy atom. The van der Waals surface area contributed by atoms with E-state index in [2.05, 4.69) is 10.6 Å². The van der Waals surface area contributed by atoms with E-state index in [1.54, 1.807) is 7.05 Å². The van der Waals surface area contributed by atoms with Gasteiger partial charge >= 0.3 is 0 Å². The van der Waals surface area contributed by atoms with Gasteiger partial charge in [0.25, 0.3) is 0 Å². The van der Waals surface area contributed by atoms with Crippen LogP contribution in [0.3, 0.4) is 0 Å². The number of carbonyl (C=O) groups excluding carboxylic acids is 2. The van der Waals surface area contributed by atoms with Crippen LogP contribution in [0, 0.1) is 11.2 Å². The van der Waals surface area contributed by atoms with Gasteiger partial charge in [-0.1, -0.05) is 0 Å². The van der Waals surface area contributed by atoms with E-state index in [1.165, 1.54) is 36.7 Å². The molecule has 3 N–H and O–H groups in total. The highest BCUT2D eigenvalue weighted by molar-refractivity contribution is 6.69. The number of nitrogens with one attached hydrogen (secondary N) is 3. The molecule has 0 unspecified atom stereocenters. The van der Waals surface area contributed by atoms with E-state index in [1.807, 2.05) is 0 Å². The molecule has 0 bridgehead atoms. The van der Waals surface area contributed by atoms with Crippen molar-refractivity contribution in [2.45, 2.75) is 0 Å². The van der Waals surface area contributed by atoms with Gasteiger partial charge in [-0.15, -0.1) is 0 Å². The summed E-state index contributed by atoms with van der Waals surface area (Å²) in [7, 11) is 1.60. The van der Waals surface area contributed by atoms with Crippen molar-refractivity contribution in [3.63, 3.8) is 0 Å². The Kier molecular flexibility index (Phi) is 5.83. The van der Waals surface area contributed by atoms with Crippen molar-refractivity contribution in [3.05, 3.63) is 54.6 Å². The monoisotopic (exact) mass is 275 g/mol. The first kappa shape index (κ1) is 15.3. The van der Waals surface area contributed by atoms with Crippen LogP contribution >= 0.6 is 0 Å². The van der Waals surface area contributed by atoms with Crippen LogP contribution in [0.5, 0.6) is 0 Å². The molecule has 0 aliphatic carbocycles.